The second-order valence-corrected chi connectivity index (χ2v) is 7.85. The van der Waals surface area contributed by atoms with Crippen LogP contribution in [0.15, 0.2) is 29.6 Å². The average Bonchev–Trinajstić information content (AvgIpc) is 3.21. The second kappa shape index (κ2) is 9.71. The molecule has 0 atom stereocenters. The highest BCUT2D eigenvalue weighted by Gasteiger charge is 2.23. The predicted molar refractivity (Wildman–Crippen MR) is 112 cm³/mol. The van der Waals surface area contributed by atoms with Crippen molar-refractivity contribution in [1.29, 1.82) is 0 Å². The maximum absolute atomic E-state index is 12.8. The van der Waals surface area contributed by atoms with E-state index in [-0.39, 0.29) is 18.0 Å². The number of aromatic nitrogens is 1. The Bertz CT molecular complexity index is 831. The molecule has 1 aromatic carbocycles. The number of nitrogens with zero attached hydrogens (tertiary/aromatic N) is 3. The Kier molecular flexibility index (Phi) is 7.05. The SMILES string of the molecule is COc1ccc(NC(=O)N(Cc2nc(C(=O)N3CCOCC3)cs2)C(C)C)cc1. The first-order valence-electron chi connectivity index (χ1n) is 9.51. The Hall–Kier alpha value is -2.65. The Morgan fingerprint density at radius 2 is 1.97 bits per heavy atom. The fraction of sp³-hybridized carbons (Fsp3) is 0.450. The number of morpholine rings is 1. The molecule has 2 heterocycles. The van der Waals surface area contributed by atoms with Crippen LogP contribution >= 0.6 is 11.3 Å². The molecule has 1 aliphatic rings. The van der Waals surface area contributed by atoms with E-state index < -0.39 is 0 Å². The Morgan fingerprint density at radius 3 is 2.59 bits per heavy atom. The van der Waals surface area contributed by atoms with E-state index in [1.54, 1.807) is 46.6 Å². The molecule has 0 aliphatic carbocycles. The zero-order valence-corrected chi connectivity index (χ0v) is 17.7. The summed E-state index contributed by atoms with van der Waals surface area (Å²) in [5.41, 5.74) is 1.11. The minimum absolute atomic E-state index is 0.0319. The number of ether oxygens (including phenoxy) is 2. The molecule has 1 N–H and O–H groups in total. The van der Waals surface area contributed by atoms with Crippen molar-refractivity contribution in [2.45, 2.75) is 26.4 Å². The maximum Gasteiger partial charge on any atom is 0.322 e. The highest BCUT2D eigenvalue weighted by Crippen LogP contribution is 2.19. The van der Waals surface area contributed by atoms with Crippen molar-refractivity contribution in [2.24, 2.45) is 0 Å². The van der Waals surface area contributed by atoms with E-state index in [0.29, 0.717) is 44.2 Å². The third-order valence-corrected chi connectivity index (χ3v) is 5.43. The van der Waals surface area contributed by atoms with Crippen LogP contribution in [-0.4, -0.2) is 66.2 Å². The summed E-state index contributed by atoms with van der Waals surface area (Å²) < 4.78 is 10.4. The number of thiazole rings is 1. The third-order valence-electron chi connectivity index (χ3n) is 4.60. The molecule has 1 aromatic heterocycles. The Labute approximate surface area is 174 Å². The van der Waals surface area contributed by atoms with Gasteiger partial charge in [0, 0.05) is 30.2 Å². The molecule has 1 fully saturated rings. The number of hydrogen-bond acceptors (Lipinski definition) is 6. The number of nitrogens with one attached hydrogen (secondary N) is 1. The molecule has 1 aliphatic heterocycles. The number of urea groups is 1. The van der Waals surface area contributed by atoms with Crippen LogP contribution in [0.3, 0.4) is 0 Å². The van der Waals surface area contributed by atoms with E-state index in [2.05, 4.69) is 10.3 Å². The molecule has 2 aromatic rings. The van der Waals surface area contributed by atoms with Crippen LogP contribution in [-0.2, 0) is 11.3 Å². The van der Waals surface area contributed by atoms with Crippen LogP contribution in [0.4, 0.5) is 10.5 Å². The van der Waals surface area contributed by atoms with E-state index in [1.807, 2.05) is 13.8 Å². The standard InChI is InChI=1S/C20H26N4O4S/c1-14(2)24(20(26)21-15-4-6-16(27-3)7-5-15)12-18-22-17(13-29-18)19(25)23-8-10-28-11-9-23/h4-7,13-14H,8-12H2,1-3H3,(H,21,26). The van der Waals surface area contributed by atoms with Gasteiger partial charge in [0.2, 0.25) is 0 Å². The molecule has 156 valence electrons. The maximum atomic E-state index is 12.8. The summed E-state index contributed by atoms with van der Waals surface area (Å²) in [6, 6.07) is 6.91. The first-order chi connectivity index (χ1) is 14.0. The van der Waals surface area contributed by atoms with Crippen molar-refractivity contribution in [3.63, 3.8) is 0 Å². The lowest BCUT2D eigenvalue weighted by atomic mass is 10.3. The van der Waals surface area contributed by atoms with Crippen LogP contribution < -0.4 is 10.1 Å². The highest BCUT2D eigenvalue weighted by atomic mass is 32.1. The molecule has 0 spiro atoms. The number of anilines is 1. The van der Waals surface area contributed by atoms with Crippen LogP contribution in [0.1, 0.15) is 29.3 Å². The summed E-state index contributed by atoms with van der Waals surface area (Å²) in [7, 11) is 1.60. The summed E-state index contributed by atoms with van der Waals surface area (Å²) in [6.45, 7) is 6.48. The van der Waals surface area contributed by atoms with Gasteiger partial charge in [-0.15, -0.1) is 11.3 Å². The number of rotatable bonds is 6. The van der Waals surface area contributed by atoms with Gasteiger partial charge in [-0.05, 0) is 38.1 Å². The number of carbonyl (C=O) groups is 2. The van der Waals surface area contributed by atoms with Crippen molar-refractivity contribution in [1.82, 2.24) is 14.8 Å². The number of methoxy groups -OCH3 is 1. The number of hydrogen-bond donors (Lipinski definition) is 1. The van der Waals surface area contributed by atoms with Crippen molar-refractivity contribution in [2.75, 3.05) is 38.7 Å². The fourth-order valence-corrected chi connectivity index (χ4v) is 3.68. The molecule has 1 saturated heterocycles. The van der Waals surface area contributed by atoms with Crippen LogP contribution in [0.2, 0.25) is 0 Å². The number of benzene rings is 1. The topological polar surface area (TPSA) is 84.0 Å². The number of amides is 3. The van der Waals surface area contributed by atoms with Crippen molar-refractivity contribution >= 4 is 29.0 Å². The first kappa shape index (κ1) is 21.1. The highest BCUT2D eigenvalue weighted by molar-refractivity contribution is 7.09. The smallest absolute Gasteiger partial charge is 0.322 e. The molecule has 0 bridgehead atoms. The predicted octanol–water partition coefficient (Wildman–Crippen LogP) is 3.07. The summed E-state index contributed by atoms with van der Waals surface area (Å²) in [5.74, 6) is 0.638. The van der Waals surface area contributed by atoms with Gasteiger partial charge in [-0.2, -0.15) is 0 Å². The Balaban J connectivity index is 1.64. The summed E-state index contributed by atoms with van der Waals surface area (Å²) in [4.78, 5) is 33.2. The van der Waals surface area contributed by atoms with Gasteiger partial charge in [0.1, 0.15) is 16.5 Å². The normalized spacial score (nSPS) is 14.0. The zero-order chi connectivity index (χ0) is 20.8. The van der Waals surface area contributed by atoms with Crippen LogP contribution in [0.5, 0.6) is 5.75 Å². The summed E-state index contributed by atoms with van der Waals surface area (Å²) in [6.07, 6.45) is 0. The monoisotopic (exact) mass is 418 g/mol. The van der Waals surface area contributed by atoms with Crippen molar-refractivity contribution in [3.8, 4) is 5.75 Å². The van der Waals surface area contributed by atoms with E-state index in [9.17, 15) is 9.59 Å². The molecule has 3 amide bonds. The largest absolute Gasteiger partial charge is 0.497 e. The van der Waals surface area contributed by atoms with E-state index >= 15 is 0 Å². The molecule has 0 saturated carbocycles. The van der Waals surface area contributed by atoms with E-state index in [0.717, 1.165) is 10.8 Å². The second-order valence-electron chi connectivity index (χ2n) is 6.91. The van der Waals surface area contributed by atoms with Gasteiger partial charge in [0.05, 0.1) is 26.9 Å². The minimum atomic E-state index is -0.221. The number of carbonyl (C=O) groups excluding carboxylic acids is 2. The van der Waals surface area contributed by atoms with Gasteiger partial charge in [0.25, 0.3) is 5.91 Å². The molecule has 8 nitrogen and oxygen atoms in total. The summed E-state index contributed by atoms with van der Waals surface area (Å²) in [5, 5.41) is 5.37. The third kappa shape index (κ3) is 5.45. The quantitative estimate of drug-likeness (QED) is 0.779. The van der Waals surface area contributed by atoms with E-state index in [1.165, 1.54) is 11.3 Å². The van der Waals surface area contributed by atoms with Gasteiger partial charge in [-0.25, -0.2) is 9.78 Å². The van der Waals surface area contributed by atoms with Gasteiger partial charge in [-0.1, -0.05) is 0 Å². The molecular weight excluding hydrogens is 392 g/mol. The molecular formula is C20H26N4O4S. The average molecular weight is 419 g/mol. The minimum Gasteiger partial charge on any atom is -0.497 e. The lowest BCUT2D eigenvalue weighted by Crippen LogP contribution is -2.41. The zero-order valence-electron chi connectivity index (χ0n) is 16.9. The lowest BCUT2D eigenvalue weighted by molar-refractivity contribution is 0.0299. The fourth-order valence-electron chi connectivity index (χ4n) is 2.91. The van der Waals surface area contributed by atoms with Gasteiger partial charge < -0.3 is 24.6 Å². The molecule has 0 radical (unpaired) electrons. The molecule has 0 unspecified atom stereocenters. The Morgan fingerprint density at radius 1 is 1.28 bits per heavy atom. The van der Waals surface area contributed by atoms with Crippen LogP contribution in [0, 0.1) is 0 Å². The van der Waals surface area contributed by atoms with Crippen molar-refractivity contribution < 1.29 is 19.1 Å². The van der Waals surface area contributed by atoms with Gasteiger partial charge >= 0.3 is 6.03 Å². The summed E-state index contributed by atoms with van der Waals surface area (Å²) >= 11 is 1.39. The van der Waals surface area contributed by atoms with Crippen LogP contribution in [0.25, 0.3) is 0 Å². The van der Waals surface area contributed by atoms with Gasteiger partial charge in [-0.3, -0.25) is 4.79 Å². The first-order valence-corrected chi connectivity index (χ1v) is 10.4. The molecule has 9 heteroatoms. The van der Waals surface area contributed by atoms with Crippen molar-refractivity contribution in [3.05, 3.63) is 40.3 Å². The molecule has 29 heavy (non-hydrogen) atoms. The van der Waals surface area contributed by atoms with E-state index in [4.69, 9.17) is 9.47 Å². The molecule has 3 rings (SSSR count). The lowest BCUT2D eigenvalue weighted by Gasteiger charge is -2.26. The van der Waals surface area contributed by atoms with Gasteiger partial charge in [0.15, 0.2) is 0 Å².